The van der Waals surface area contributed by atoms with Gasteiger partial charge in [-0.15, -0.1) is 0 Å². The first-order valence-corrected chi connectivity index (χ1v) is 12.1. The quantitative estimate of drug-likeness (QED) is 0.333. The largest absolute Gasteiger partial charge is 0.497 e. The predicted molar refractivity (Wildman–Crippen MR) is 132 cm³/mol. The molecule has 3 aromatic carbocycles. The SMILES string of the molecule is CCOc1ccccc1N(CC(=O)N/N=C\c1ccc(OC)cc1)S(=O)(=O)c1ccc(Cl)cc1. The van der Waals surface area contributed by atoms with Crippen molar-refractivity contribution < 1.29 is 22.7 Å². The van der Waals surface area contributed by atoms with Crippen LogP contribution in [0.3, 0.4) is 0 Å². The number of hydrogen-bond donors (Lipinski definition) is 1. The molecule has 0 heterocycles. The maximum Gasteiger partial charge on any atom is 0.264 e. The molecule has 0 atom stereocenters. The number of hydrazone groups is 1. The zero-order valence-electron chi connectivity index (χ0n) is 18.6. The van der Waals surface area contributed by atoms with E-state index in [4.69, 9.17) is 21.1 Å². The van der Waals surface area contributed by atoms with Crippen molar-refractivity contribution in [3.05, 3.63) is 83.4 Å². The van der Waals surface area contributed by atoms with E-state index < -0.39 is 22.5 Å². The van der Waals surface area contributed by atoms with Crippen molar-refractivity contribution >= 4 is 39.4 Å². The minimum atomic E-state index is -4.12. The highest BCUT2D eigenvalue weighted by Crippen LogP contribution is 2.32. The Morgan fingerprint density at radius 3 is 2.38 bits per heavy atom. The average Bonchev–Trinajstić information content (AvgIpc) is 2.84. The number of hydrogen-bond acceptors (Lipinski definition) is 6. The molecule has 0 aliphatic rings. The molecule has 3 rings (SSSR count). The van der Waals surface area contributed by atoms with Crippen LogP contribution in [0.2, 0.25) is 5.02 Å². The predicted octanol–water partition coefficient (Wildman–Crippen LogP) is 4.09. The minimum absolute atomic E-state index is 0.0160. The van der Waals surface area contributed by atoms with Gasteiger partial charge in [0.15, 0.2) is 0 Å². The van der Waals surface area contributed by atoms with E-state index in [1.54, 1.807) is 62.6 Å². The number of ether oxygens (including phenoxy) is 2. The fraction of sp³-hybridized carbons (Fsp3) is 0.167. The molecule has 8 nitrogen and oxygen atoms in total. The van der Waals surface area contributed by atoms with Gasteiger partial charge in [-0.2, -0.15) is 5.10 Å². The van der Waals surface area contributed by atoms with Crippen molar-refractivity contribution in [1.29, 1.82) is 0 Å². The zero-order valence-corrected chi connectivity index (χ0v) is 20.2. The molecule has 0 aliphatic carbocycles. The van der Waals surface area contributed by atoms with Crippen LogP contribution in [0.1, 0.15) is 12.5 Å². The summed E-state index contributed by atoms with van der Waals surface area (Å²) in [5.41, 5.74) is 3.34. The molecular weight excluding hydrogens is 478 g/mol. The number of rotatable bonds is 10. The Balaban J connectivity index is 1.87. The van der Waals surface area contributed by atoms with Crippen LogP contribution in [0.5, 0.6) is 11.5 Å². The number of nitrogens with one attached hydrogen (secondary N) is 1. The minimum Gasteiger partial charge on any atom is -0.497 e. The van der Waals surface area contributed by atoms with Crippen molar-refractivity contribution in [3.63, 3.8) is 0 Å². The third-order valence-electron chi connectivity index (χ3n) is 4.64. The third kappa shape index (κ3) is 6.27. The fourth-order valence-electron chi connectivity index (χ4n) is 3.01. The number of halogens is 1. The molecule has 3 aromatic rings. The first kappa shape index (κ1) is 25.1. The number of amides is 1. The van der Waals surface area contributed by atoms with Gasteiger partial charge in [0.25, 0.3) is 15.9 Å². The maximum absolute atomic E-state index is 13.5. The highest BCUT2D eigenvalue weighted by Gasteiger charge is 2.29. The summed E-state index contributed by atoms with van der Waals surface area (Å²) in [6.07, 6.45) is 1.45. The highest BCUT2D eigenvalue weighted by molar-refractivity contribution is 7.92. The van der Waals surface area contributed by atoms with Crippen LogP contribution in [0, 0.1) is 0 Å². The summed E-state index contributed by atoms with van der Waals surface area (Å²) < 4.78 is 38.7. The van der Waals surface area contributed by atoms with Crippen molar-refractivity contribution in [2.24, 2.45) is 5.10 Å². The Bertz CT molecular complexity index is 1250. The maximum atomic E-state index is 13.5. The lowest BCUT2D eigenvalue weighted by Crippen LogP contribution is -2.39. The molecule has 0 aliphatic heterocycles. The van der Waals surface area contributed by atoms with Gasteiger partial charge in [0.05, 0.1) is 30.5 Å². The molecule has 1 amide bonds. The zero-order chi connectivity index (χ0) is 24.6. The van der Waals surface area contributed by atoms with E-state index in [0.29, 0.717) is 23.1 Å². The average molecular weight is 502 g/mol. The second-order valence-electron chi connectivity index (χ2n) is 6.93. The molecule has 0 fully saturated rings. The monoisotopic (exact) mass is 501 g/mol. The Morgan fingerprint density at radius 2 is 1.74 bits per heavy atom. The Morgan fingerprint density at radius 1 is 1.06 bits per heavy atom. The van der Waals surface area contributed by atoms with Gasteiger partial charge in [-0.3, -0.25) is 9.10 Å². The molecule has 0 bridgehead atoms. The Hall–Kier alpha value is -3.56. The Labute approximate surface area is 203 Å². The van der Waals surface area contributed by atoms with Gasteiger partial charge < -0.3 is 9.47 Å². The molecular formula is C24H24ClN3O5S. The molecule has 10 heteroatoms. The van der Waals surface area contributed by atoms with Gasteiger partial charge in [0.2, 0.25) is 0 Å². The second kappa shape index (κ2) is 11.5. The van der Waals surface area contributed by atoms with Crippen LogP contribution in [0.4, 0.5) is 5.69 Å². The van der Waals surface area contributed by atoms with Crippen molar-refractivity contribution in [1.82, 2.24) is 5.43 Å². The topological polar surface area (TPSA) is 97.3 Å². The molecule has 178 valence electrons. The number of benzene rings is 3. The van der Waals surface area contributed by atoms with Crippen LogP contribution in [0.25, 0.3) is 0 Å². The number of nitrogens with zero attached hydrogens (tertiary/aromatic N) is 2. The molecule has 0 saturated heterocycles. The van der Waals surface area contributed by atoms with Crippen LogP contribution in [0.15, 0.2) is 82.8 Å². The van der Waals surface area contributed by atoms with Gasteiger partial charge in [-0.25, -0.2) is 13.8 Å². The van der Waals surface area contributed by atoms with Crippen molar-refractivity contribution in [2.75, 3.05) is 24.6 Å². The van der Waals surface area contributed by atoms with E-state index in [0.717, 1.165) is 9.87 Å². The van der Waals surface area contributed by atoms with Gasteiger partial charge in [0.1, 0.15) is 18.0 Å². The number of methoxy groups -OCH3 is 1. The smallest absolute Gasteiger partial charge is 0.264 e. The number of carbonyl (C=O) groups excluding carboxylic acids is 1. The number of carbonyl (C=O) groups is 1. The summed E-state index contributed by atoms with van der Waals surface area (Å²) in [4.78, 5) is 12.7. The van der Waals surface area contributed by atoms with Crippen molar-refractivity contribution in [3.8, 4) is 11.5 Å². The van der Waals surface area contributed by atoms with Gasteiger partial charge >= 0.3 is 0 Å². The fourth-order valence-corrected chi connectivity index (χ4v) is 4.57. The summed E-state index contributed by atoms with van der Waals surface area (Å²) >= 11 is 5.92. The first-order valence-electron chi connectivity index (χ1n) is 10.3. The van der Waals surface area contributed by atoms with E-state index in [9.17, 15) is 13.2 Å². The van der Waals surface area contributed by atoms with Crippen LogP contribution < -0.4 is 19.2 Å². The van der Waals surface area contributed by atoms with Crippen LogP contribution >= 0.6 is 11.6 Å². The summed E-state index contributed by atoms with van der Waals surface area (Å²) in [5.74, 6) is 0.392. The number of para-hydroxylation sites is 2. The van der Waals surface area contributed by atoms with E-state index >= 15 is 0 Å². The molecule has 34 heavy (non-hydrogen) atoms. The third-order valence-corrected chi connectivity index (χ3v) is 6.67. The molecule has 0 unspecified atom stereocenters. The van der Waals surface area contributed by atoms with E-state index in [1.807, 2.05) is 0 Å². The molecule has 0 aromatic heterocycles. The normalized spacial score (nSPS) is 11.3. The van der Waals surface area contributed by atoms with E-state index in [1.165, 1.54) is 30.5 Å². The lowest BCUT2D eigenvalue weighted by molar-refractivity contribution is -0.119. The van der Waals surface area contributed by atoms with Gasteiger partial charge in [-0.1, -0.05) is 23.7 Å². The molecule has 1 N–H and O–H groups in total. The summed E-state index contributed by atoms with van der Waals surface area (Å²) in [7, 11) is -2.56. The molecule has 0 radical (unpaired) electrons. The van der Waals surface area contributed by atoms with Gasteiger partial charge in [-0.05, 0) is 73.2 Å². The number of sulfonamides is 1. The lowest BCUT2D eigenvalue weighted by atomic mass is 10.2. The van der Waals surface area contributed by atoms with Crippen LogP contribution in [-0.2, 0) is 14.8 Å². The summed E-state index contributed by atoms with van der Waals surface area (Å²) in [6, 6.07) is 19.4. The van der Waals surface area contributed by atoms with Crippen molar-refractivity contribution in [2.45, 2.75) is 11.8 Å². The summed E-state index contributed by atoms with van der Waals surface area (Å²) in [6.45, 7) is 1.59. The standard InChI is InChI=1S/C24H24ClN3O5S/c1-3-33-23-7-5-4-6-22(23)28(34(30,31)21-14-10-19(25)11-15-21)17-24(29)27-26-16-18-8-12-20(32-2)13-9-18/h4-16H,3,17H2,1-2H3,(H,27,29)/b26-16-. The van der Waals surface area contributed by atoms with Crippen LogP contribution in [-0.4, -0.2) is 40.8 Å². The van der Waals surface area contributed by atoms with Gasteiger partial charge in [0, 0.05) is 5.02 Å². The van der Waals surface area contributed by atoms with E-state index in [2.05, 4.69) is 10.5 Å². The summed E-state index contributed by atoms with van der Waals surface area (Å²) in [5, 5.41) is 4.33. The first-order chi connectivity index (χ1) is 16.3. The lowest BCUT2D eigenvalue weighted by Gasteiger charge is -2.25. The Kier molecular flexibility index (Phi) is 8.50. The van der Waals surface area contributed by atoms with E-state index in [-0.39, 0.29) is 10.6 Å². The second-order valence-corrected chi connectivity index (χ2v) is 9.23. The highest BCUT2D eigenvalue weighted by atomic mass is 35.5. The molecule has 0 spiro atoms. The molecule has 0 saturated carbocycles. The number of anilines is 1.